The third-order valence-electron chi connectivity index (χ3n) is 5.62. The van der Waals surface area contributed by atoms with Crippen molar-refractivity contribution in [2.75, 3.05) is 61.1 Å². The molecular formula is C23H30ClN3O4. The Morgan fingerprint density at radius 3 is 2.10 bits per heavy atom. The number of carbonyl (C=O) groups excluding carboxylic acids is 1. The van der Waals surface area contributed by atoms with Crippen LogP contribution in [0.3, 0.4) is 0 Å². The molecule has 0 spiro atoms. The van der Waals surface area contributed by atoms with Crippen molar-refractivity contribution in [3.8, 4) is 17.2 Å². The Labute approximate surface area is 188 Å². The average molecular weight is 448 g/mol. The van der Waals surface area contributed by atoms with Gasteiger partial charge in [-0.15, -0.1) is 0 Å². The van der Waals surface area contributed by atoms with Crippen LogP contribution in [0.15, 0.2) is 36.4 Å². The Morgan fingerprint density at radius 2 is 1.58 bits per heavy atom. The number of piperazine rings is 1. The first-order valence-corrected chi connectivity index (χ1v) is 10.6. The lowest BCUT2D eigenvalue weighted by Crippen LogP contribution is -2.48. The van der Waals surface area contributed by atoms with Crippen molar-refractivity contribution in [3.05, 3.63) is 52.5 Å². The molecule has 0 aromatic heterocycles. The van der Waals surface area contributed by atoms with Crippen LogP contribution in [0.25, 0.3) is 0 Å². The molecule has 2 aromatic rings. The van der Waals surface area contributed by atoms with Gasteiger partial charge in [0.2, 0.25) is 5.75 Å². The number of hydrogen-bond donors (Lipinski definition) is 1. The van der Waals surface area contributed by atoms with Crippen molar-refractivity contribution in [2.45, 2.75) is 6.04 Å². The van der Waals surface area contributed by atoms with Gasteiger partial charge in [0.05, 0.1) is 27.4 Å². The van der Waals surface area contributed by atoms with Crippen molar-refractivity contribution in [1.29, 1.82) is 0 Å². The summed E-state index contributed by atoms with van der Waals surface area (Å²) in [5.41, 5.74) is 1.57. The van der Waals surface area contributed by atoms with E-state index in [0.717, 1.165) is 31.7 Å². The summed E-state index contributed by atoms with van der Waals surface area (Å²) in [4.78, 5) is 17.7. The highest BCUT2D eigenvalue weighted by Crippen LogP contribution is 2.38. The van der Waals surface area contributed by atoms with Crippen LogP contribution >= 0.6 is 11.6 Å². The number of ether oxygens (including phenoxy) is 3. The summed E-state index contributed by atoms with van der Waals surface area (Å²) in [7, 11) is 6.72. The van der Waals surface area contributed by atoms with E-state index in [1.807, 2.05) is 24.3 Å². The molecule has 1 heterocycles. The zero-order valence-electron chi connectivity index (χ0n) is 18.5. The van der Waals surface area contributed by atoms with E-state index in [-0.39, 0.29) is 11.9 Å². The van der Waals surface area contributed by atoms with Crippen molar-refractivity contribution >= 4 is 17.5 Å². The highest BCUT2D eigenvalue weighted by Gasteiger charge is 2.25. The number of nitrogens with one attached hydrogen (secondary N) is 1. The molecule has 1 unspecified atom stereocenters. The van der Waals surface area contributed by atoms with Gasteiger partial charge in [-0.3, -0.25) is 9.69 Å². The fraction of sp³-hybridized carbons (Fsp3) is 0.435. The van der Waals surface area contributed by atoms with Crippen molar-refractivity contribution < 1.29 is 19.0 Å². The molecule has 31 heavy (non-hydrogen) atoms. The molecule has 1 aliphatic rings. The number of benzene rings is 2. The average Bonchev–Trinajstić information content (AvgIpc) is 2.80. The molecule has 2 aromatic carbocycles. The van der Waals surface area contributed by atoms with E-state index in [4.69, 9.17) is 25.8 Å². The van der Waals surface area contributed by atoms with E-state index in [1.165, 1.54) is 21.3 Å². The number of likely N-dealkylation sites (N-methyl/N-ethyl adjacent to an activating group) is 1. The van der Waals surface area contributed by atoms with Gasteiger partial charge in [-0.25, -0.2) is 0 Å². The first-order valence-electron chi connectivity index (χ1n) is 10.2. The second-order valence-electron chi connectivity index (χ2n) is 7.53. The minimum atomic E-state index is -0.202. The molecule has 1 atom stereocenters. The van der Waals surface area contributed by atoms with E-state index in [1.54, 1.807) is 12.1 Å². The quantitative estimate of drug-likeness (QED) is 0.671. The third-order valence-corrected chi connectivity index (χ3v) is 5.87. The number of rotatable bonds is 8. The lowest BCUT2D eigenvalue weighted by atomic mass is 10.0. The molecule has 0 bridgehead atoms. The Hall–Kier alpha value is -2.48. The second-order valence-corrected chi connectivity index (χ2v) is 7.97. The third kappa shape index (κ3) is 5.61. The molecule has 168 valence electrons. The van der Waals surface area contributed by atoms with Crippen LogP contribution in [0.1, 0.15) is 22.0 Å². The molecule has 3 rings (SSSR count). The van der Waals surface area contributed by atoms with Crippen LogP contribution < -0.4 is 19.5 Å². The van der Waals surface area contributed by atoms with Gasteiger partial charge in [0, 0.05) is 43.3 Å². The lowest BCUT2D eigenvalue weighted by Gasteiger charge is -2.38. The number of nitrogens with zero attached hydrogens (tertiary/aromatic N) is 2. The van der Waals surface area contributed by atoms with Crippen LogP contribution in [-0.4, -0.2) is 76.8 Å². The van der Waals surface area contributed by atoms with E-state index in [9.17, 15) is 4.79 Å². The van der Waals surface area contributed by atoms with Gasteiger partial charge in [0.25, 0.3) is 5.91 Å². The largest absolute Gasteiger partial charge is 0.493 e. The Kier molecular flexibility index (Phi) is 8.01. The first-order chi connectivity index (χ1) is 15.0. The van der Waals surface area contributed by atoms with Gasteiger partial charge in [0.15, 0.2) is 11.5 Å². The van der Waals surface area contributed by atoms with Crippen LogP contribution in [0, 0.1) is 0 Å². The molecule has 1 fully saturated rings. The topological polar surface area (TPSA) is 63.3 Å². The first kappa shape index (κ1) is 23.2. The molecular weight excluding hydrogens is 418 g/mol. The maximum atomic E-state index is 13.0. The molecule has 1 amide bonds. The minimum Gasteiger partial charge on any atom is -0.493 e. The van der Waals surface area contributed by atoms with E-state index in [2.05, 4.69) is 22.2 Å². The normalized spacial score (nSPS) is 15.9. The Bertz CT molecular complexity index is 858. The van der Waals surface area contributed by atoms with Crippen LogP contribution in [0.5, 0.6) is 17.2 Å². The highest BCUT2D eigenvalue weighted by molar-refractivity contribution is 6.30. The molecule has 0 radical (unpaired) electrons. The summed E-state index contributed by atoms with van der Waals surface area (Å²) < 4.78 is 16.1. The predicted molar refractivity (Wildman–Crippen MR) is 122 cm³/mol. The van der Waals surface area contributed by atoms with Crippen LogP contribution in [0.4, 0.5) is 0 Å². The molecule has 1 saturated heterocycles. The fourth-order valence-corrected chi connectivity index (χ4v) is 3.91. The van der Waals surface area contributed by atoms with Crippen LogP contribution in [-0.2, 0) is 0 Å². The molecule has 0 aliphatic carbocycles. The molecule has 1 aliphatic heterocycles. The van der Waals surface area contributed by atoms with E-state index >= 15 is 0 Å². The number of carbonyl (C=O) groups is 1. The SMILES string of the molecule is COc1cc(C(=O)NCC(c2ccc(Cl)cc2)N2CCN(C)CC2)cc(OC)c1OC. The maximum absolute atomic E-state index is 13.0. The van der Waals surface area contributed by atoms with Gasteiger partial charge < -0.3 is 24.4 Å². The number of hydrogen-bond acceptors (Lipinski definition) is 6. The molecule has 7 nitrogen and oxygen atoms in total. The van der Waals surface area contributed by atoms with E-state index < -0.39 is 0 Å². The fourth-order valence-electron chi connectivity index (χ4n) is 3.78. The van der Waals surface area contributed by atoms with Crippen LogP contribution in [0.2, 0.25) is 5.02 Å². The number of halogens is 1. The second kappa shape index (κ2) is 10.7. The smallest absolute Gasteiger partial charge is 0.251 e. The highest BCUT2D eigenvalue weighted by atomic mass is 35.5. The monoisotopic (exact) mass is 447 g/mol. The van der Waals surface area contributed by atoms with Gasteiger partial charge in [0.1, 0.15) is 0 Å². The standard InChI is InChI=1S/C23H30ClN3O4/c1-26-9-11-27(12-10-26)19(16-5-7-18(24)8-6-16)15-25-23(28)17-13-20(29-2)22(31-4)21(14-17)30-3/h5-8,13-14,19H,9-12,15H2,1-4H3,(H,25,28). The predicted octanol–water partition coefficient (Wildman–Crippen LogP) is 3.08. The molecule has 8 heteroatoms. The van der Waals surface area contributed by atoms with Gasteiger partial charge >= 0.3 is 0 Å². The van der Waals surface area contributed by atoms with E-state index in [0.29, 0.717) is 34.4 Å². The number of amides is 1. The maximum Gasteiger partial charge on any atom is 0.251 e. The summed E-state index contributed by atoms with van der Waals surface area (Å²) in [6.07, 6.45) is 0. The Morgan fingerprint density at radius 1 is 1.00 bits per heavy atom. The zero-order chi connectivity index (χ0) is 22.4. The number of methoxy groups -OCH3 is 3. The lowest BCUT2D eigenvalue weighted by molar-refractivity contribution is 0.0885. The zero-order valence-corrected chi connectivity index (χ0v) is 19.2. The summed E-state index contributed by atoms with van der Waals surface area (Å²) in [6.45, 7) is 4.32. The van der Waals surface area contributed by atoms with Gasteiger partial charge in [-0.2, -0.15) is 0 Å². The van der Waals surface area contributed by atoms with Crippen molar-refractivity contribution in [1.82, 2.24) is 15.1 Å². The molecule has 0 saturated carbocycles. The van der Waals surface area contributed by atoms with Crippen molar-refractivity contribution in [3.63, 3.8) is 0 Å². The summed E-state index contributed by atoms with van der Waals surface area (Å²) in [6, 6.07) is 11.2. The van der Waals surface area contributed by atoms with Gasteiger partial charge in [-0.1, -0.05) is 23.7 Å². The minimum absolute atomic E-state index is 0.0527. The molecule has 1 N–H and O–H groups in total. The summed E-state index contributed by atoms with van der Waals surface area (Å²) >= 11 is 6.09. The Balaban J connectivity index is 1.79. The van der Waals surface area contributed by atoms with Crippen molar-refractivity contribution in [2.24, 2.45) is 0 Å². The summed E-state index contributed by atoms with van der Waals surface area (Å²) in [5.74, 6) is 1.14. The van der Waals surface area contributed by atoms with Gasteiger partial charge in [-0.05, 0) is 36.9 Å². The summed E-state index contributed by atoms with van der Waals surface area (Å²) in [5, 5.41) is 3.78.